The molecule has 2 nitrogen and oxygen atoms in total. The molecule has 2 rings (SSSR count). The summed E-state index contributed by atoms with van der Waals surface area (Å²) in [5.41, 5.74) is 3.09. The molecule has 2 aliphatic carbocycles. The van der Waals surface area contributed by atoms with Crippen LogP contribution in [-0.4, -0.2) is 11.6 Å². The van der Waals surface area contributed by atoms with Crippen LogP contribution < -0.4 is 0 Å². The molecule has 92 valence electrons. The summed E-state index contributed by atoms with van der Waals surface area (Å²) in [5, 5.41) is 0. The summed E-state index contributed by atoms with van der Waals surface area (Å²) in [6.07, 6.45) is 0.912. The molecular weight excluding hydrogens is 224 g/mol. The Labute approximate surface area is 107 Å². The highest BCUT2D eigenvalue weighted by Crippen LogP contribution is 2.33. The zero-order chi connectivity index (χ0) is 13.1. The molecule has 0 fully saturated rings. The SMILES string of the molecule is CCC(=O)c1cc(C(=O)CC)c2cccccc1-2. The van der Waals surface area contributed by atoms with Crippen LogP contribution in [0.25, 0.3) is 11.1 Å². The predicted molar refractivity (Wildman–Crippen MR) is 72.3 cm³/mol. The van der Waals surface area contributed by atoms with Crippen molar-refractivity contribution in [2.45, 2.75) is 26.7 Å². The van der Waals surface area contributed by atoms with Gasteiger partial charge in [0.15, 0.2) is 11.6 Å². The van der Waals surface area contributed by atoms with E-state index >= 15 is 0 Å². The summed E-state index contributed by atoms with van der Waals surface area (Å²) in [5.74, 6) is 0.169. The van der Waals surface area contributed by atoms with Gasteiger partial charge in [0.25, 0.3) is 0 Å². The number of hydrogen-bond acceptors (Lipinski definition) is 2. The molecule has 2 aliphatic rings. The second-order valence-electron chi connectivity index (χ2n) is 4.26. The molecule has 0 amide bonds. The Bertz CT molecular complexity index is 522. The van der Waals surface area contributed by atoms with Gasteiger partial charge in [-0.15, -0.1) is 0 Å². The van der Waals surface area contributed by atoms with Crippen LogP contribution in [0.4, 0.5) is 0 Å². The Hall–Kier alpha value is -1.96. The van der Waals surface area contributed by atoms with E-state index in [1.807, 2.05) is 44.2 Å². The van der Waals surface area contributed by atoms with Gasteiger partial charge in [0.1, 0.15) is 0 Å². The van der Waals surface area contributed by atoms with Crippen molar-refractivity contribution in [1.29, 1.82) is 0 Å². The lowest BCUT2D eigenvalue weighted by Gasteiger charge is -1.99. The van der Waals surface area contributed by atoms with Gasteiger partial charge in [0.05, 0.1) is 0 Å². The largest absolute Gasteiger partial charge is 0.294 e. The number of hydrogen-bond donors (Lipinski definition) is 0. The number of carbonyl (C=O) groups excluding carboxylic acids is 2. The summed E-state index contributed by atoms with van der Waals surface area (Å²) in [6.45, 7) is 3.68. The van der Waals surface area contributed by atoms with Gasteiger partial charge < -0.3 is 0 Å². The fourth-order valence-corrected chi connectivity index (χ4v) is 2.16. The first-order valence-corrected chi connectivity index (χ1v) is 6.27. The van der Waals surface area contributed by atoms with Crippen molar-refractivity contribution >= 4 is 11.6 Å². The number of Topliss-reactive ketones (excluding diaryl/α,β-unsaturated/α-hetero) is 2. The standard InChI is InChI=1S/C16H16O2/c1-3-15(17)13-10-14(16(18)4-2)12-9-7-5-6-8-11(12)13/h5-10H,3-4H2,1-2H3. The molecule has 0 unspecified atom stereocenters. The van der Waals surface area contributed by atoms with Gasteiger partial charge >= 0.3 is 0 Å². The van der Waals surface area contributed by atoms with Gasteiger partial charge in [-0.05, 0) is 17.2 Å². The highest BCUT2D eigenvalue weighted by molar-refractivity contribution is 6.11. The Morgan fingerprint density at radius 1 is 0.833 bits per heavy atom. The summed E-state index contributed by atoms with van der Waals surface area (Å²) < 4.78 is 0. The Morgan fingerprint density at radius 3 is 1.67 bits per heavy atom. The molecule has 0 atom stereocenters. The topological polar surface area (TPSA) is 34.1 Å². The number of carbonyl (C=O) groups is 2. The van der Waals surface area contributed by atoms with E-state index in [0.29, 0.717) is 24.0 Å². The normalized spacial score (nSPS) is 10.6. The minimum Gasteiger partial charge on any atom is -0.294 e. The first-order valence-electron chi connectivity index (χ1n) is 6.27. The van der Waals surface area contributed by atoms with E-state index in [1.54, 1.807) is 6.07 Å². The fraction of sp³-hybridized carbons (Fsp3) is 0.250. The van der Waals surface area contributed by atoms with Gasteiger partial charge in [-0.3, -0.25) is 9.59 Å². The number of ketones is 2. The Balaban J connectivity index is 2.68. The second kappa shape index (κ2) is 5.13. The third-order valence-corrected chi connectivity index (χ3v) is 3.15. The van der Waals surface area contributed by atoms with Crippen molar-refractivity contribution in [3.05, 3.63) is 47.5 Å². The summed E-state index contributed by atoms with van der Waals surface area (Å²) >= 11 is 0. The van der Waals surface area contributed by atoms with Crippen LogP contribution in [0.15, 0.2) is 36.4 Å². The molecule has 0 heterocycles. The maximum Gasteiger partial charge on any atom is 0.163 e. The molecule has 0 saturated heterocycles. The minimum absolute atomic E-state index is 0.0846. The fourth-order valence-electron chi connectivity index (χ4n) is 2.16. The van der Waals surface area contributed by atoms with Crippen molar-refractivity contribution < 1.29 is 9.59 Å². The highest BCUT2D eigenvalue weighted by Gasteiger charge is 2.21. The van der Waals surface area contributed by atoms with Crippen molar-refractivity contribution in [1.82, 2.24) is 0 Å². The van der Waals surface area contributed by atoms with Crippen molar-refractivity contribution in [2.75, 3.05) is 0 Å². The molecule has 0 N–H and O–H groups in total. The van der Waals surface area contributed by atoms with Gasteiger partial charge in [-0.25, -0.2) is 0 Å². The zero-order valence-electron chi connectivity index (χ0n) is 10.7. The van der Waals surface area contributed by atoms with Crippen LogP contribution >= 0.6 is 0 Å². The molecule has 0 bridgehead atoms. The maximum atomic E-state index is 11.9. The van der Waals surface area contributed by atoms with Gasteiger partial charge in [0.2, 0.25) is 0 Å². The molecular formula is C16H16O2. The monoisotopic (exact) mass is 240 g/mol. The number of fused-ring (bicyclic) bond motifs is 1. The molecule has 0 aromatic carbocycles. The molecule has 0 aromatic rings. The van der Waals surface area contributed by atoms with Crippen LogP contribution in [0.2, 0.25) is 0 Å². The third kappa shape index (κ3) is 2.06. The lowest BCUT2D eigenvalue weighted by atomic mass is 10.0. The molecule has 18 heavy (non-hydrogen) atoms. The van der Waals surface area contributed by atoms with Crippen LogP contribution in [0.3, 0.4) is 0 Å². The summed E-state index contributed by atoms with van der Waals surface area (Å²) in [6, 6.07) is 11.3. The van der Waals surface area contributed by atoms with Gasteiger partial charge in [-0.1, -0.05) is 44.2 Å². The molecule has 0 saturated carbocycles. The Morgan fingerprint density at radius 2 is 1.28 bits per heavy atom. The number of rotatable bonds is 4. The van der Waals surface area contributed by atoms with E-state index in [0.717, 1.165) is 11.1 Å². The lowest BCUT2D eigenvalue weighted by molar-refractivity contribution is 0.0986. The van der Waals surface area contributed by atoms with E-state index in [1.165, 1.54) is 0 Å². The van der Waals surface area contributed by atoms with E-state index in [9.17, 15) is 9.59 Å². The molecule has 0 aromatic heterocycles. The van der Waals surface area contributed by atoms with Crippen molar-refractivity contribution in [3.8, 4) is 11.1 Å². The maximum absolute atomic E-state index is 11.9. The third-order valence-electron chi connectivity index (χ3n) is 3.15. The summed E-state index contributed by atoms with van der Waals surface area (Å²) in [7, 11) is 0. The molecule has 0 radical (unpaired) electrons. The van der Waals surface area contributed by atoms with E-state index in [2.05, 4.69) is 0 Å². The zero-order valence-corrected chi connectivity index (χ0v) is 10.7. The Kier molecular flexibility index (Phi) is 3.56. The van der Waals surface area contributed by atoms with E-state index in [4.69, 9.17) is 0 Å². The summed E-state index contributed by atoms with van der Waals surface area (Å²) in [4.78, 5) is 23.9. The van der Waals surface area contributed by atoms with Crippen LogP contribution in [0.5, 0.6) is 0 Å². The average Bonchev–Trinajstić information content (AvgIpc) is 2.59. The van der Waals surface area contributed by atoms with E-state index in [-0.39, 0.29) is 11.6 Å². The highest BCUT2D eigenvalue weighted by atomic mass is 16.1. The van der Waals surface area contributed by atoms with E-state index < -0.39 is 0 Å². The smallest absolute Gasteiger partial charge is 0.163 e. The first-order chi connectivity index (χ1) is 8.69. The van der Waals surface area contributed by atoms with Gasteiger partial charge in [-0.2, -0.15) is 0 Å². The molecule has 2 heteroatoms. The first kappa shape index (κ1) is 12.5. The average molecular weight is 240 g/mol. The van der Waals surface area contributed by atoms with Crippen molar-refractivity contribution in [3.63, 3.8) is 0 Å². The second-order valence-corrected chi connectivity index (χ2v) is 4.26. The van der Waals surface area contributed by atoms with Crippen LogP contribution in [0, 0.1) is 0 Å². The molecule has 0 aliphatic heterocycles. The van der Waals surface area contributed by atoms with Crippen molar-refractivity contribution in [2.24, 2.45) is 0 Å². The minimum atomic E-state index is 0.0846. The molecule has 0 spiro atoms. The lowest BCUT2D eigenvalue weighted by Crippen LogP contribution is -1.95. The van der Waals surface area contributed by atoms with Crippen LogP contribution in [0.1, 0.15) is 47.4 Å². The quantitative estimate of drug-likeness (QED) is 0.757. The van der Waals surface area contributed by atoms with Crippen LogP contribution in [-0.2, 0) is 0 Å². The predicted octanol–water partition coefficient (Wildman–Crippen LogP) is 3.98. The van der Waals surface area contributed by atoms with Gasteiger partial charge in [0, 0.05) is 24.0 Å².